The smallest absolute Gasteiger partial charge is 0.255 e. The molecule has 22 heavy (non-hydrogen) atoms. The van der Waals surface area contributed by atoms with E-state index in [1.165, 1.54) is 0 Å². The van der Waals surface area contributed by atoms with E-state index in [1.807, 2.05) is 50.1 Å². The average Bonchev–Trinajstić information content (AvgIpc) is 2.47. The molecule has 0 bridgehead atoms. The number of benzene rings is 1. The summed E-state index contributed by atoms with van der Waals surface area (Å²) < 4.78 is 0.854. The van der Waals surface area contributed by atoms with Crippen LogP contribution in [0.25, 0.3) is 0 Å². The number of nitrogens with one attached hydrogen (secondary N) is 1. The molecule has 2 rings (SSSR count). The topological polar surface area (TPSA) is 61.4 Å². The number of aromatic nitrogens is 2. The predicted octanol–water partition coefficient (Wildman–Crippen LogP) is 2.62. The quantitative estimate of drug-likeness (QED) is 0.904. The van der Waals surface area contributed by atoms with Crippen molar-refractivity contribution in [2.24, 2.45) is 0 Å². The SMILES string of the molecule is CN(C)c1ncc(NC(=O)c2cccc(Br)c2)c(N(C)C)n1. The van der Waals surface area contributed by atoms with Gasteiger partial charge in [0, 0.05) is 38.2 Å². The predicted molar refractivity (Wildman–Crippen MR) is 92.8 cm³/mol. The summed E-state index contributed by atoms with van der Waals surface area (Å²) in [6.45, 7) is 0. The molecule has 1 N–H and O–H groups in total. The van der Waals surface area contributed by atoms with Crippen LogP contribution in [-0.4, -0.2) is 44.1 Å². The Bertz CT molecular complexity index is 687. The highest BCUT2D eigenvalue weighted by molar-refractivity contribution is 9.10. The summed E-state index contributed by atoms with van der Waals surface area (Å²) in [7, 11) is 7.48. The molecule has 0 fully saturated rings. The molecule has 1 amide bonds. The zero-order chi connectivity index (χ0) is 16.3. The lowest BCUT2D eigenvalue weighted by Crippen LogP contribution is -2.21. The third kappa shape index (κ3) is 3.73. The second-order valence-corrected chi connectivity index (χ2v) is 6.08. The van der Waals surface area contributed by atoms with Gasteiger partial charge in [-0.25, -0.2) is 4.98 Å². The maximum Gasteiger partial charge on any atom is 0.255 e. The van der Waals surface area contributed by atoms with E-state index in [4.69, 9.17) is 0 Å². The molecule has 0 saturated heterocycles. The van der Waals surface area contributed by atoms with E-state index in [0.717, 1.165) is 4.47 Å². The van der Waals surface area contributed by atoms with Gasteiger partial charge in [0.05, 0.1) is 6.20 Å². The van der Waals surface area contributed by atoms with Gasteiger partial charge < -0.3 is 15.1 Å². The third-order valence-electron chi connectivity index (χ3n) is 2.91. The van der Waals surface area contributed by atoms with Crippen molar-refractivity contribution in [1.82, 2.24) is 9.97 Å². The molecule has 1 heterocycles. The van der Waals surface area contributed by atoms with E-state index >= 15 is 0 Å². The van der Waals surface area contributed by atoms with Crippen LogP contribution in [-0.2, 0) is 0 Å². The van der Waals surface area contributed by atoms with Crippen LogP contribution in [0.4, 0.5) is 17.5 Å². The lowest BCUT2D eigenvalue weighted by atomic mass is 10.2. The van der Waals surface area contributed by atoms with Crippen molar-refractivity contribution in [2.45, 2.75) is 0 Å². The first-order valence-corrected chi connectivity index (χ1v) is 7.46. The number of carbonyl (C=O) groups excluding carboxylic acids is 1. The minimum atomic E-state index is -0.203. The van der Waals surface area contributed by atoms with Crippen LogP contribution in [0.5, 0.6) is 0 Å². The molecule has 2 aromatic rings. The van der Waals surface area contributed by atoms with Gasteiger partial charge in [-0.05, 0) is 18.2 Å². The maximum atomic E-state index is 12.3. The number of halogens is 1. The zero-order valence-electron chi connectivity index (χ0n) is 13.0. The van der Waals surface area contributed by atoms with Gasteiger partial charge in [0.1, 0.15) is 5.69 Å². The minimum absolute atomic E-state index is 0.203. The Balaban J connectivity index is 2.30. The molecular formula is C15H18BrN5O. The molecule has 0 saturated carbocycles. The first kappa shape index (κ1) is 16.2. The number of carbonyl (C=O) groups is 1. The molecule has 116 valence electrons. The van der Waals surface area contributed by atoms with E-state index in [2.05, 4.69) is 31.2 Å². The van der Waals surface area contributed by atoms with Gasteiger partial charge in [0.2, 0.25) is 5.95 Å². The number of hydrogen-bond donors (Lipinski definition) is 1. The molecule has 6 nitrogen and oxygen atoms in total. The molecule has 0 radical (unpaired) electrons. The van der Waals surface area contributed by atoms with Crippen LogP contribution in [0.2, 0.25) is 0 Å². The number of amides is 1. The lowest BCUT2D eigenvalue weighted by molar-refractivity contribution is 0.102. The normalized spacial score (nSPS) is 10.2. The largest absolute Gasteiger partial charge is 0.361 e. The zero-order valence-corrected chi connectivity index (χ0v) is 14.5. The van der Waals surface area contributed by atoms with Crippen LogP contribution >= 0.6 is 15.9 Å². The Morgan fingerprint density at radius 2 is 1.91 bits per heavy atom. The van der Waals surface area contributed by atoms with E-state index in [0.29, 0.717) is 23.0 Å². The number of nitrogens with zero attached hydrogens (tertiary/aromatic N) is 4. The molecule has 0 aliphatic heterocycles. The molecule has 7 heteroatoms. The highest BCUT2D eigenvalue weighted by atomic mass is 79.9. The average molecular weight is 364 g/mol. The Kier molecular flexibility index (Phi) is 4.97. The van der Waals surface area contributed by atoms with Gasteiger partial charge in [0.25, 0.3) is 5.91 Å². The van der Waals surface area contributed by atoms with Gasteiger partial charge in [0.15, 0.2) is 5.82 Å². The van der Waals surface area contributed by atoms with Gasteiger partial charge in [-0.3, -0.25) is 4.79 Å². The molecular weight excluding hydrogens is 346 g/mol. The monoisotopic (exact) mass is 363 g/mol. The highest BCUT2D eigenvalue weighted by Gasteiger charge is 2.14. The second kappa shape index (κ2) is 6.74. The van der Waals surface area contributed by atoms with E-state index in [1.54, 1.807) is 18.3 Å². The molecule has 1 aromatic carbocycles. The van der Waals surface area contributed by atoms with Crippen molar-refractivity contribution in [1.29, 1.82) is 0 Å². The Morgan fingerprint density at radius 3 is 2.50 bits per heavy atom. The molecule has 1 aromatic heterocycles. The molecule has 0 spiro atoms. The summed E-state index contributed by atoms with van der Waals surface area (Å²) in [5.74, 6) is 1.04. The summed E-state index contributed by atoms with van der Waals surface area (Å²) in [5.41, 5.74) is 1.14. The summed E-state index contributed by atoms with van der Waals surface area (Å²) in [6, 6.07) is 7.21. The van der Waals surface area contributed by atoms with Crippen molar-refractivity contribution in [2.75, 3.05) is 43.3 Å². The Morgan fingerprint density at radius 1 is 1.18 bits per heavy atom. The summed E-state index contributed by atoms with van der Waals surface area (Å²) in [5, 5.41) is 2.86. The van der Waals surface area contributed by atoms with E-state index < -0.39 is 0 Å². The fourth-order valence-corrected chi connectivity index (χ4v) is 2.23. The molecule has 0 aliphatic rings. The van der Waals surface area contributed by atoms with Crippen LogP contribution in [0.15, 0.2) is 34.9 Å². The van der Waals surface area contributed by atoms with Crippen LogP contribution < -0.4 is 15.1 Å². The fraction of sp³-hybridized carbons (Fsp3) is 0.267. The Labute approximate surface area is 138 Å². The van der Waals surface area contributed by atoms with Gasteiger partial charge in [-0.2, -0.15) is 4.98 Å². The molecule has 0 atom stereocenters. The highest BCUT2D eigenvalue weighted by Crippen LogP contribution is 2.24. The van der Waals surface area contributed by atoms with Gasteiger partial charge in [-0.15, -0.1) is 0 Å². The summed E-state index contributed by atoms with van der Waals surface area (Å²) >= 11 is 3.36. The molecule has 0 aliphatic carbocycles. The van der Waals surface area contributed by atoms with E-state index in [9.17, 15) is 4.79 Å². The van der Waals surface area contributed by atoms with Gasteiger partial charge >= 0.3 is 0 Å². The van der Waals surface area contributed by atoms with Crippen molar-refractivity contribution in [3.63, 3.8) is 0 Å². The first-order chi connectivity index (χ1) is 10.4. The number of rotatable bonds is 4. The van der Waals surface area contributed by atoms with Crippen molar-refractivity contribution in [3.05, 3.63) is 40.5 Å². The van der Waals surface area contributed by atoms with Crippen LogP contribution in [0, 0.1) is 0 Å². The first-order valence-electron chi connectivity index (χ1n) is 6.67. The minimum Gasteiger partial charge on any atom is -0.361 e. The molecule has 0 unspecified atom stereocenters. The maximum absolute atomic E-state index is 12.3. The standard InChI is InChI=1S/C15H18BrN5O/c1-20(2)13-12(9-17-15(19-13)21(3)4)18-14(22)10-6-5-7-11(16)8-10/h5-9H,1-4H3,(H,18,22). The van der Waals surface area contributed by atoms with E-state index in [-0.39, 0.29) is 5.91 Å². The second-order valence-electron chi connectivity index (χ2n) is 5.16. The van der Waals surface area contributed by atoms with Crippen LogP contribution in [0.1, 0.15) is 10.4 Å². The Hall–Kier alpha value is -2.15. The number of hydrogen-bond acceptors (Lipinski definition) is 5. The van der Waals surface area contributed by atoms with Crippen molar-refractivity contribution in [3.8, 4) is 0 Å². The third-order valence-corrected chi connectivity index (χ3v) is 3.41. The van der Waals surface area contributed by atoms with Crippen LogP contribution in [0.3, 0.4) is 0 Å². The van der Waals surface area contributed by atoms with Crippen molar-refractivity contribution < 1.29 is 4.79 Å². The van der Waals surface area contributed by atoms with Crippen molar-refractivity contribution >= 4 is 39.3 Å². The number of anilines is 3. The summed E-state index contributed by atoms with van der Waals surface area (Å²) in [6.07, 6.45) is 1.62. The summed E-state index contributed by atoms with van der Waals surface area (Å²) in [4.78, 5) is 24.7. The lowest BCUT2D eigenvalue weighted by Gasteiger charge is -2.19. The fourth-order valence-electron chi connectivity index (χ4n) is 1.83. The van der Waals surface area contributed by atoms with Gasteiger partial charge in [-0.1, -0.05) is 22.0 Å².